The molecule has 1 aromatic carbocycles. The molecule has 0 amide bonds. The Kier molecular flexibility index (Phi) is 2.32. The van der Waals surface area contributed by atoms with Gasteiger partial charge in [-0.15, -0.1) is 0 Å². The number of imidazole rings is 1. The first-order chi connectivity index (χ1) is 7.15. The van der Waals surface area contributed by atoms with Crippen molar-refractivity contribution in [1.29, 1.82) is 0 Å². The lowest BCUT2D eigenvalue weighted by Gasteiger charge is -1.98. The van der Waals surface area contributed by atoms with Gasteiger partial charge in [0.1, 0.15) is 5.82 Å². The van der Waals surface area contributed by atoms with Crippen molar-refractivity contribution in [3.63, 3.8) is 0 Å². The van der Waals surface area contributed by atoms with Crippen molar-refractivity contribution in [2.75, 3.05) is 6.61 Å². The van der Waals surface area contributed by atoms with E-state index in [1.54, 1.807) is 13.1 Å². The van der Waals surface area contributed by atoms with E-state index >= 15 is 0 Å². The quantitative estimate of drug-likeness (QED) is 0.783. The average molecular weight is 210 g/mol. The second-order valence-electron chi connectivity index (χ2n) is 3.35. The Bertz CT molecular complexity index is 556. The third-order valence-corrected chi connectivity index (χ3v) is 2.43. The highest BCUT2D eigenvalue weighted by Crippen LogP contribution is 2.13. The van der Waals surface area contributed by atoms with Crippen LogP contribution in [0.5, 0.6) is 0 Å². The minimum Gasteiger partial charge on any atom is -0.395 e. The van der Waals surface area contributed by atoms with Gasteiger partial charge in [0.2, 0.25) is 0 Å². The van der Waals surface area contributed by atoms with Crippen molar-refractivity contribution < 1.29 is 9.50 Å². The van der Waals surface area contributed by atoms with Gasteiger partial charge < -0.3 is 5.11 Å². The van der Waals surface area contributed by atoms with E-state index < -0.39 is 0 Å². The number of aryl methyl sites for hydroxylation is 1. The third kappa shape index (κ3) is 1.45. The number of aromatic nitrogens is 2. The molecule has 0 aliphatic heterocycles. The number of nitrogens with zero attached hydrogens (tertiary/aromatic N) is 2. The molecule has 0 radical (unpaired) electrons. The van der Waals surface area contributed by atoms with Crippen LogP contribution in [0, 0.1) is 5.82 Å². The zero-order valence-electron chi connectivity index (χ0n) is 8.27. The standard InChI is InChI=1S/C10H11FN2O2/c1-12-9-6-7(11)2-3-8(9)13(4-5-14)10(12)15/h2-3,6,14H,4-5H2,1H3. The van der Waals surface area contributed by atoms with E-state index in [1.165, 1.54) is 21.3 Å². The summed E-state index contributed by atoms with van der Waals surface area (Å²) in [6.07, 6.45) is 0. The molecule has 80 valence electrons. The van der Waals surface area contributed by atoms with E-state index in [1.807, 2.05) is 0 Å². The zero-order valence-corrected chi connectivity index (χ0v) is 8.27. The van der Waals surface area contributed by atoms with Crippen LogP contribution < -0.4 is 5.69 Å². The summed E-state index contributed by atoms with van der Waals surface area (Å²) in [4.78, 5) is 11.7. The van der Waals surface area contributed by atoms with E-state index in [2.05, 4.69) is 0 Å². The highest BCUT2D eigenvalue weighted by Gasteiger charge is 2.10. The lowest BCUT2D eigenvalue weighted by Crippen LogP contribution is -2.23. The summed E-state index contributed by atoms with van der Waals surface area (Å²) >= 11 is 0. The van der Waals surface area contributed by atoms with Crippen LogP contribution in [0.4, 0.5) is 4.39 Å². The number of aliphatic hydroxyl groups is 1. The van der Waals surface area contributed by atoms with Gasteiger partial charge >= 0.3 is 5.69 Å². The van der Waals surface area contributed by atoms with Crippen LogP contribution in [0.1, 0.15) is 0 Å². The molecule has 15 heavy (non-hydrogen) atoms. The summed E-state index contributed by atoms with van der Waals surface area (Å²) in [6, 6.07) is 4.15. The molecule has 1 aromatic heterocycles. The summed E-state index contributed by atoms with van der Waals surface area (Å²) in [5.41, 5.74) is 0.927. The van der Waals surface area contributed by atoms with Gasteiger partial charge in [-0.3, -0.25) is 9.13 Å². The molecule has 2 rings (SSSR count). The van der Waals surface area contributed by atoms with Crippen molar-refractivity contribution >= 4 is 11.0 Å². The Morgan fingerprint density at radius 3 is 2.80 bits per heavy atom. The Morgan fingerprint density at radius 1 is 1.40 bits per heavy atom. The molecular weight excluding hydrogens is 199 g/mol. The lowest BCUT2D eigenvalue weighted by molar-refractivity contribution is 0.275. The topological polar surface area (TPSA) is 47.2 Å². The van der Waals surface area contributed by atoms with Gasteiger partial charge in [0.15, 0.2) is 0 Å². The minimum atomic E-state index is -0.376. The fraction of sp³-hybridized carbons (Fsp3) is 0.300. The molecule has 5 heteroatoms. The average Bonchev–Trinajstić information content (AvgIpc) is 2.44. The SMILES string of the molecule is Cn1c(=O)n(CCO)c2ccc(F)cc21. The maximum absolute atomic E-state index is 13.0. The highest BCUT2D eigenvalue weighted by atomic mass is 19.1. The monoisotopic (exact) mass is 210 g/mol. The predicted molar refractivity (Wildman–Crippen MR) is 54.2 cm³/mol. The van der Waals surface area contributed by atoms with E-state index in [9.17, 15) is 9.18 Å². The van der Waals surface area contributed by atoms with Gasteiger partial charge in [0.05, 0.1) is 24.2 Å². The van der Waals surface area contributed by atoms with Crippen LogP contribution in [0.15, 0.2) is 23.0 Å². The number of halogens is 1. The fourth-order valence-corrected chi connectivity index (χ4v) is 1.70. The number of rotatable bonds is 2. The Morgan fingerprint density at radius 2 is 2.13 bits per heavy atom. The smallest absolute Gasteiger partial charge is 0.328 e. The molecule has 0 unspecified atom stereocenters. The summed E-state index contributed by atoms with van der Waals surface area (Å²) in [6.45, 7) is 0.109. The van der Waals surface area contributed by atoms with Crippen LogP contribution >= 0.6 is 0 Å². The van der Waals surface area contributed by atoms with Crippen LogP contribution in [0.25, 0.3) is 11.0 Å². The molecule has 0 bridgehead atoms. The highest BCUT2D eigenvalue weighted by molar-refractivity contribution is 5.76. The van der Waals surface area contributed by atoms with Gasteiger partial charge in [-0.2, -0.15) is 0 Å². The summed E-state index contributed by atoms with van der Waals surface area (Å²) in [7, 11) is 1.58. The van der Waals surface area contributed by atoms with Crippen molar-refractivity contribution in [3.05, 3.63) is 34.5 Å². The predicted octanol–water partition coefficient (Wildman–Crippen LogP) is 0.471. The molecule has 0 fully saturated rings. The molecule has 1 N–H and O–H groups in total. The third-order valence-electron chi connectivity index (χ3n) is 2.43. The molecule has 0 saturated carbocycles. The molecule has 4 nitrogen and oxygen atoms in total. The van der Waals surface area contributed by atoms with Crippen LogP contribution in [0.2, 0.25) is 0 Å². The van der Waals surface area contributed by atoms with Gasteiger partial charge in [-0.25, -0.2) is 9.18 Å². The van der Waals surface area contributed by atoms with Crippen molar-refractivity contribution in [3.8, 4) is 0 Å². The first-order valence-corrected chi connectivity index (χ1v) is 4.61. The zero-order chi connectivity index (χ0) is 11.0. The molecule has 0 aliphatic carbocycles. The fourth-order valence-electron chi connectivity index (χ4n) is 1.70. The maximum Gasteiger partial charge on any atom is 0.328 e. The number of hydrogen-bond acceptors (Lipinski definition) is 2. The lowest BCUT2D eigenvalue weighted by atomic mass is 10.3. The number of fused-ring (bicyclic) bond motifs is 1. The molecule has 0 saturated heterocycles. The second kappa shape index (κ2) is 3.51. The number of hydrogen-bond donors (Lipinski definition) is 1. The largest absolute Gasteiger partial charge is 0.395 e. The summed E-state index contributed by atoms with van der Waals surface area (Å²) in [5, 5.41) is 8.82. The normalized spacial score (nSPS) is 11.1. The molecule has 0 spiro atoms. The van der Waals surface area contributed by atoms with E-state index in [4.69, 9.17) is 5.11 Å². The molecular formula is C10H11FN2O2. The summed E-state index contributed by atoms with van der Waals surface area (Å²) < 4.78 is 15.8. The van der Waals surface area contributed by atoms with Crippen molar-refractivity contribution in [2.45, 2.75) is 6.54 Å². The minimum absolute atomic E-state index is 0.115. The number of benzene rings is 1. The molecule has 0 aliphatic rings. The van der Waals surface area contributed by atoms with E-state index in [0.717, 1.165) is 0 Å². The molecule has 0 atom stereocenters. The molecule has 1 heterocycles. The first-order valence-electron chi connectivity index (χ1n) is 4.61. The van der Waals surface area contributed by atoms with Crippen LogP contribution in [-0.4, -0.2) is 20.8 Å². The first kappa shape index (κ1) is 9.92. The van der Waals surface area contributed by atoms with Crippen LogP contribution in [-0.2, 0) is 13.6 Å². The second-order valence-corrected chi connectivity index (χ2v) is 3.35. The number of aliphatic hydroxyl groups excluding tert-OH is 1. The van der Waals surface area contributed by atoms with Gasteiger partial charge in [-0.05, 0) is 18.2 Å². The van der Waals surface area contributed by atoms with Crippen LogP contribution in [0.3, 0.4) is 0 Å². The maximum atomic E-state index is 13.0. The van der Waals surface area contributed by atoms with E-state index in [-0.39, 0.29) is 24.7 Å². The summed E-state index contributed by atoms with van der Waals surface area (Å²) in [5.74, 6) is -0.376. The Labute approximate surface area is 85.2 Å². The van der Waals surface area contributed by atoms with Gasteiger partial charge in [0, 0.05) is 7.05 Å². The van der Waals surface area contributed by atoms with E-state index in [0.29, 0.717) is 11.0 Å². The van der Waals surface area contributed by atoms with Gasteiger partial charge in [0.25, 0.3) is 0 Å². The van der Waals surface area contributed by atoms with Gasteiger partial charge in [-0.1, -0.05) is 0 Å². The van der Waals surface area contributed by atoms with Crippen molar-refractivity contribution in [2.24, 2.45) is 7.05 Å². The Balaban J connectivity index is 2.81. The molecule has 2 aromatic rings. The van der Waals surface area contributed by atoms with Crippen molar-refractivity contribution in [1.82, 2.24) is 9.13 Å². The Hall–Kier alpha value is -1.62.